The fraction of sp³-hybridized carbons (Fsp3) is 0.400. The van der Waals surface area contributed by atoms with Gasteiger partial charge in [-0.2, -0.15) is 0 Å². The van der Waals surface area contributed by atoms with Crippen LogP contribution in [0.25, 0.3) is 11.0 Å². The number of anilines is 1. The monoisotopic (exact) mass is 300 g/mol. The quantitative estimate of drug-likeness (QED) is 0.728. The van der Waals surface area contributed by atoms with E-state index in [0.717, 1.165) is 36.7 Å². The zero-order valence-corrected chi connectivity index (χ0v) is 12.6. The molecule has 0 amide bonds. The van der Waals surface area contributed by atoms with E-state index in [1.165, 1.54) is 6.07 Å². The van der Waals surface area contributed by atoms with Crippen LogP contribution in [0.3, 0.4) is 0 Å². The Morgan fingerprint density at radius 2 is 2.14 bits per heavy atom. The number of aromatic nitrogens is 5. The van der Waals surface area contributed by atoms with E-state index in [9.17, 15) is 4.39 Å². The largest absolute Gasteiger partial charge is 0.332 e. The molecule has 2 aromatic heterocycles. The van der Waals surface area contributed by atoms with Crippen LogP contribution in [0.1, 0.15) is 24.7 Å². The molecule has 1 aliphatic rings. The number of hydrogen-bond acceptors (Lipinski definition) is 4. The van der Waals surface area contributed by atoms with Gasteiger partial charge in [0.25, 0.3) is 0 Å². The lowest BCUT2D eigenvalue weighted by molar-refractivity contribution is 0.614. The predicted octanol–water partition coefficient (Wildman–Crippen LogP) is 2.18. The first kappa shape index (κ1) is 13.2. The van der Waals surface area contributed by atoms with Crippen LogP contribution in [-0.4, -0.2) is 30.9 Å². The SMILES string of the molecule is Cn1cnnc1C1CCCN1c1nc2c(F)cccc2n1C. The molecule has 0 saturated carbocycles. The first-order chi connectivity index (χ1) is 10.7. The van der Waals surface area contributed by atoms with Crippen LogP contribution in [0.15, 0.2) is 24.5 Å². The van der Waals surface area contributed by atoms with Crippen LogP contribution in [0, 0.1) is 5.82 Å². The Hall–Kier alpha value is -2.44. The van der Waals surface area contributed by atoms with Gasteiger partial charge in [0.05, 0.1) is 11.6 Å². The zero-order valence-electron chi connectivity index (χ0n) is 12.6. The number of imidazole rings is 1. The van der Waals surface area contributed by atoms with Gasteiger partial charge in [0.2, 0.25) is 5.95 Å². The predicted molar refractivity (Wildman–Crippen MR) is 81.0 cm³/mol. The van der Waals surface area contributed by atoms with E-state index >= 15 is 0 Å². The fourth-order valence-electron chi connectivity index (χ4n) is 3.29. The summed E-state index contributed by atoms with van der Waals surface area (Å²) in [6, 6.07) is 5.19. The minimum atomic E-state index is -0.284. The van der Waals surface area contributed by atoms with Gasteiger partial charge < -0.3 is 14.0 Å². The molecule has 0 aliphatic carbocycles. The maximum absolute atomic E-state index is 14.0. The number of hydrogen-bond donors (Lipinski definition) is 0. The number of fused-ring (bicyclic) bond motifs is 1. The van der Waals surface area contributed by atoms with Gasteiger partial charge in [0.15, 0.2) is 11.6 Å². The first-order valence-corrected chi connectivity index (χ1v) is 7.38. The molecule has 7 heteroatoms. The maximum Gasteiger partial charge on any atom is 0.207 e. The lowest BCUT2D eigenvalue weighted by atomic mass is 10.2. The van der Waals surface area contributed by atoms with Gasteiger partial charge in [-0.05, 0) is 25.0 Å². The van der Waals surface area contributed by atoms with E-state index in [4.69, 9.17) is 0 Å². The zero-order chi connectivity index (χ0) is 15.3. The van der Waals surface area contributed by atoms with Gasteiger partial charge in [-0.3, -0.25) is 0 Å². The summed E-state index contributed by atoms with van der Waals surface area (Å²) in [4.78, 5) is 6.74. The van der Waals surface area contributed by atoms with E-state index in [1.54, 1.807) is 12.4 Å². The third kappa shape index (κ3) is 1.81. The molecule has 1 unspecified atom stereocenters. The molecule has 1 atom stereocenters. The third-order valence-corrected chi connectivity index (χ3v) is 4.39. The molecule has 1 aliphatic heterocycles. The number of nitrogens with zero attached hydrogens (tertiary/aromatic N) is 6. The van der Waals surface area contributed by atoms with Crippen molar-refractivity contribution in [1.82, 2.24) is 24.3 Å². The number of para-hydroxylation sites is 1. The van der Waals surface area contributed by atoms with Gasteiger partial charge >= 0.3 is 0 Å². The van der Waals surface area contributed by atoms with E-state index < -0.39 is 0 Å². The second kappa shape index (κ2) is 4.79. The topological polar surface area (TPSA) is 51.8 Å². The summed E-state index contributed by atoms with van der Waals surface area (Å²) in [7, 11) is 3.87. The summed E-state index contributed by atoms with van der Waals surface area (Å²) < 4.78 is 17.9. The summed E-state index contributed by atoms with van der Waals surface area (Å²) >= 11 is 0. The van der Waals surface area contributed by atoms with Crippen molar-refractivity contribution in [3.05, 3.63) is 36.2 Å². The highest BCUT2D eigenvalue weighted by molar-refractivity contribution is 5.79. The van der Waals surface area contributed by atoms with Crippen molar-refractivity contribution in [1.29, 1.82) is 0 Å². The summed E-state index contributed by atoms with van der Waals surface area (Å²) in [5.41, 5.74) is 1.22. The molecule has 0 radical (unpaired) electrons. The summed E-state index contributed by atoms with van der Waals surface area (Å²) in [6.45, 7) is 0.885. The van der Waals surface area contributed by atoms with E-state index in [-0.39, 0.29) is 11.9 Å². The summed E-state index contributed by atoms with van der Waals surface area (Å²) in [5, 5.41) is 8.21. The van der Waals surface area contributed by atoms with Gasteiger partial charge in [-0.15, -0.1) is 10.2 Å². The molecular formula is C15H17FN6. The van der Waals surface area contributed by atoms with Crippen LogP contribution >= 0.6 is 0 Å². The molecule has 0 spiro atoms. The van der Waals surface area contributed by atoms with E-state index in [0.29, 0.717) is 5.52 Å². The van der Waals surface area contributed by atoms with Gasteiger partial charge in [0, 0.05) is 20.6 Å². The van der Waals surface area contributed by atoms with Gasteiger partial charge in [-0.1, -0.05) is 6.07 Å². The first-order valence-electron chi connectivity index (χ1n) is 7.38. The van der Waals surface area contributed by atoms with Crippen molar-refractivity contribution in [2.24, 2.45) is 14.1 Å². The van der Waals surface area contributed by atoms with Crippen LogP contribution < -0.4 is 4.90 Å². The Kier molecular flexibility index (Phi) is 2.88. The molecule has 3 aromatic rings. The Balaban J connectivity index is 1.82. The molecular weight excluding hydrogens is 283 g/mol. The molecule has 22 heavy (non-hydrogen) atoms. The highest BCUT2D eigenvalue weighted by Gasteiger charge is 2.32. The Labute approximate surface area is 127 Å². The lowest BCUT2D eigenvalue weighted by Crippen LogP contribution is -2.27. The maximum atomic E-state index is 14.0. The Bertz CT molecular complexity index is 836. The van der Waals surface area contributed by atoms with Crippen molar-refractivity contribution in [3.8, 4) is 0 Å². The summed E-state index contributed by atoms with van der Waals surface area (Å²) in [5.74, 6) is 1.42. The molecule has 0 N–H and O–H groups in total. The van der Waals surface area contributed by atoms with E-state index in [1.807, 2.05) is 29.3 Å². The minimum absolute atomic E-state index is 0.131. The molecule has 1 fully saturated rings. The molecule has 1 aromatic carbocycles. The minimum Gasteiger partial charge on any atom is -0.332 e. The molecule has 0 bridgehead atoms. The fourth-order valence-corrected chi connectivity index (χ4v) is 3.29. The van der Waals surface area contributed by atoms with Gasteiger partial charge in [0.1, 0.15) is 11.8 Å². The molecule has 1 saturated heterocycles. The second-order valence-corrected chi connectivity index (χ2v) is 5.73. The lowest BCUT2D eigenvalue weighted by Gasteiger charge is -2.24. The smallest absolute Gasteiger partial charge is 0.207 e. The molecule has 114 valence electrons. The number of benzene rings is 1. The normalized spacial score (nSPS) is 18.5. The summed E-state index contributed by atoms with van der Waals surface area (Å²) in [6.07, 6.45) is 3.77. The van der Waals surface area contributed by atoms with Crippen molar-refractivity contribution in [2.75, 3.05) is 11.4 Å². The van der Waals surface area contributed by atoms with Crippen LogP contribution in [-0.2, 0) is 14.1 Å². The number of aryl methyl sites for hydroxylation is 2. The number of rotatable bonds is 2. The molecule has 3 heterocycles. The van der Waals surface area contributed by atoms with Crippen LogP contribution in [0.2, 0.25) is 0 Å². The third-order valence-electron chi connectivity index (χ3n) is 4.39. The van der Waals surface area contributed by atoms with Crippen LogP contribution in [0.5, 0.6) is 0 Å². The average Bonchev–Trinajstić information content (AvgIpc) is 3.19. The van der Waals surface area contributed by atoms with Crippen LogP contribution in [0.4, 0.5) is 10.3 Å². The Morgan fingerprint density at radius 3 is 2.86 bits per heavy atom. The highest BCUT2D eigenvalue weighted by Crippen LogP contribution is 2.35. The van der Waals surface area contributed by atoms with Gasteiger partial charge in [-0.25, -0.2) is 9.37 Å². The van der Waals surface area contributed by atoms with Crippen molar-refractivity contribution in [2.45, 2.75) is 18.9 Å². The van der Waals surface area contributed by atoms with Crippen molar-refractivity contribution < 1.29 is 4.39 Å². The average molecular weight is 300 g/mol. The molecule has 6 nitrogen and oxygen atoms in total. The number of halogens is 1. The van der Waals surface area contributed by atoms with Crippen molar-refractivity contribution >= 4 is 17.0 Å². The van der Waals surface area contributed by atoms with Crippen molar-refractivity contribution in [3.63, 3.8) is 0 Å². The Morgan fingerprint density at radius 1 is 1.27 bits per heavy atom. The second-order valence-electron chi connectivity index (χ2n) is 5.73. The standard InChI is InChI=1S/C15H17FN6/c1-20-9-17-19-14(20)12-7-4-8-22(12)15-18-13-10(16)5-3-6-11(13)21(15)2/h3,5-6,9,12H,4,7-8H2,1-2H3. The molecule has 4 rings (SSSR count). The highest BCUT2D eigenvalue weighted by atomic mass is 19.1. The van der Waals surface area contributed by atoms with E-state index in [2.05, 4.69) is 20.1 Å².